The van der Waals surface area contributed by atoms with Crippen LogP contribution in [0.3, 0.4) is 0 Å². The predicted octanol–water partition coefficient (Wildman–Crippen LogP) is -0.233. The number of ether oxygens (including phenoxy) is 1. The molecule has 8 heteroatoms. The van der Waals surface area contributed by atoms with E-state index in [2.05, 4.69) is 15.3 Å². The van der Waals surface area contributed by atoms with Crippen LogP contribution in [0.25, 0.3) is 10.2 Å². The van der Waals surface area contributed by atoms with Crippen LogP contribution in [0.5, 0.6) is 0 Å². The van der Waals surface area contributed by atoms with Crippen LogP contribution in [-0.4, -0.2) is 65.5 Å². The molecule has 2 aromatic heterocycles. The first-order valence-electron chi connectivity index (χ1n) is 7.22. The van der Waals surface area contributed by atoms with E-state index in [0.717, 1.165) is 12.1 Å². The molecule has 3 N–H and O–H groups in total. The zero-order valence-electron chi connectivity index (χ0n) is 12.5. The lowest BCUT2D eigenvalue weighted by Crippen LogP contribution is -2.50. The number of likely N-dealkylation sites (N-methyl/N-ethyl adjacent to an activating group) is 1. The molecule has 22 heavy (non-hydrogen) atoms. The number of aromatic amines is 1. The summed E-state index contributed by atoms with van der Waals surface area (Å²) in [6, 6.07) is 1.84. The summed E-state index contributed by atoms with van der Waals surface area (Å²) in [7, 11) is 1.89. The zero-order valence-corrected chi connectivity index (χ0v) is 13.3. The molecule has 0 unspecified atom stereocenters. The lowest BCUT2D eigenvalue weighted by Gasteiger charge is -2.30. The Hall–Kier alpha value is -1.32. The van der Waals surface area contributed by atoms with Crippen LogP contribution in [0.15, 0.2) is 16.2 Å². The number of aliphatic hydroxyl groups is 1. The minimum Gasteiger partial charge on any atom is -0.385 e. The number of H-pyrrole nitrogens is 1. The smallest absolute Gasteiger partial charge is 0.268 e. The fraction of sp³-hybridized carbons (Fsp3) is 0.571. The fourth-order valence-corrected chi connectivity index (χ4v) is 3.42. The number of β-amino-alcohol motifs (C(OH)–C–C–N with tert-alkyl or cyclic N) is 1. The van der Waals surface area contributed by atoms with Gasteiger partial charge in [0.05, 0.1) is 25.3 Å². The Morgan fingerprint density at radius 2 is 2.45 bits per heavy atom. The fourth-order valence-electron chi connectivity index (χ4n) is 2.69. The summed E-state index contributed by atoms with van der Waals surface area (Å²) in [6.07, 6.45) is 0. The minimum absolute atomic E-state index is 0.110. The molecule has 0 radical (unpaired) electrons. The van der Waals surface area contributed by atoms with Crippen molar-refractivity contribution in [3.63, 3.8) is 0 Å². The van der Waals surface area contributed by atoms with E-state index >= 15 is 0 Å². The standard InChI is InChI=1S/C14H20N4O3S/c1-18(8-14(20)7-15-3-4-21-9-14)6-11-16-10-2-5-22-12(10)13(19)17-11/h2,5,15,20H,3-4,6-9H2,1H3,(H,16,17,19)/t14-/m0/s1. The van der Waals surface area contributed by atoms with Gasteiger partial charge in [-0.05, 0) is 18.5 Å². The van der Waals surface area contributed by atoms with Gasteiger partial charge in [-0.15, -0.1) is 11.3 Å². The number of thiophene rings is 1. The average Bonchev–Trinajstić information content (AvgIpc) is 2.81. The van der Waals surface area contributed by atoms with Gasteiger partial charge in [-0.2, -0.15) is 0 Å². The van der Waals surface area contributed by atoms with E-state index < -0.39 is 5.60 Å². The molecule has 0 aliphatic carbocycles. The van der Waals surface area contributed by atoms with Gasteiger partial charge in [0.1, 0.15) is 16.1 Å². The van der Waals surface area contributed by atoms with Crippen molar-refractivity contribution in [2.24, 2.45) is 0 Å². The van der Waals surface area contributed by atoms with Crippen molar-refractivity contribution in [2.45, 2.75) is 12.1 Å². The van der Waals surface area contributed by atoms with Crippen LogP contribution in [0.4, 0.5) is 0 Å². The number of aromatic nitrogens is 2. The highest BCUT2D eigenvalue weighted by Gasteiger charge is 2.30. The second-order valence-electron chi connectivity index (χ2n) is 5.77. The Balaban J connectivity index is 1.69. The largest absolute Gasteiger partial charge is 0.385 e. The van der Waals surface area contributed by atoms with Gasteiger partial charge >= 0.3 is 0 Å². The molecule has 0 saturated carbocycles. The molecule has 1 aliphatic rings. The summed E-state index contributed by atoms with van der Waals surface area (Å²) in [6.45, 7) is 3.04. The second kappa shape index (κ2) is 6.43. The van der Waals surface area contributed by atoms with E-state index in [9.17, 15) is 9.90 Å². The Labute approximate surface area is 131 Å². The van der Waals surface area contributed by atoms with E-state index in [1.54, 1.807) is 0 Å². The van der Waals surface area contributed by atoms with Gasteiger partial charge in [0, 0.05) is 19.6 Å². The summed E-state index contributed by atoms with van der Waals surface area (Å²) < 4.78 is 6.06. The molecule has 1 saturated heterocycles. The summed E-state index contributed by atoms with van der Waals surface area (Å²) in [5.74, 6) is 0.601. The highest BCUT2D eigenvalue weighted by Crippen LogP contribution is 2.15. The van der Waals surface area contributed by atoms with Crippen LogP contribution in [0, 0.1) is 0 Å². The van der Waals surface area contributed by atoms with Gasteiger partial charge in [-0.25, -0.2) is 4.98 Å². The van der Waals surface area contributed by atoms with Gasteiger partial charge in [0.15, 0.2) is 0 Å². The summed E-state index contributed by atoms with van der Waals surface area (Å²) in [4.78, 5) is 21.2. The predicted molar refractivity (Wildman–Crippen MR) is 85.2 cm³/mol. The molecule has 3 heterocycles. The van der Waals surface area contributed by atoms with Gasteiger partial charge in [-0.1, -0.05) is 0 Å². The van der Waals surface area contributed by atoms with Crippen molar-refractivity contribution < 1.29 is 9.84 Å². The van der Waals surface area contributed by atoms with Crippen molar-refractivity contribution in [1.82, 2.24) is 20.2 Å². The van der Waals surface area contributed by atoms with Crippen LogP contribution in [-0.2, 0) is 11.3 Å². The maximum Gasteiger partial charge on any atom is 0.268 e. The maximum atomic E-state index is 12.0. The Morgan fingerprint density at radius 1 is 1.59 bits per heavy atom. The van der Waals surface area contributed by atoms with E-state index in [0.29, 0.717) is 43.4 Å². The lowest BCUT2D eigenvalue weighted by molar-refractivity contribution is -0.0464. The van der Waals surface area contributed by atoms with Crippen molar-refractivity contribution >= 4 is 21.6 Å². The first-order valence-corrected chi connectivity index (χ1v) is 8.09. The lowest BCUT2D eigenvalue weighted by atomic mass is 10.1. The molecule has 3 rings (SSSR count). The molecule has 1 aliphatic heterocycles. The summed E-state index contributed by atoms with van der Waals surface area (Å²) in [5, 5.41) is 15.6. The number of hydrogen-bond donors (Lipinski definition) is 3. The van der Waals surface area contributed by atoms with Gasteiger partial charge in [0.25, 0.3) is 5.56 Å². The molecule has 0 aromatic carbocycles. The van der Waals surface area contributed by atoms with Gasteiger partial charge in [-0.3, -0.25) is 9.69 Å². The molecule has 1 atom stereocenters. The molecular formula is C14H20N4O3S. The molecular weight excluding hydrogens is 304 g/mol. The van der Waals surface area contributed by atoms with Crippen molar-refractivity contribution in [3.8, 4) is 0 Å². The van der Waals surface area contributed by atoms with E-state index in [1.807, 2.05) is 23.4 Å². The first kappa shape index (κ1) is 15.6. The van der Waals surface area contributed by atoms with Gasteiger partial charge < -0.3 is 20.1 Å². The SMILES string of the molecule is CN(Cc1nc2ccsc2c(=O)[nH]1)C[C@@]1(O)CNCCOC1. The Morgan fingerprint density at radius 3 is 3.32 bits per heavy atom. The van der Waals surface area contributed by atoms with Crippen LogP contribution in [0.2, 0.25) is 0 Å². The number of hydrogen-bond acceptors (Lipinski definition) is 7. The van der Waals surface area contributed by atoms with Crippen LogP contribution in [0.1, 0.15) is 5.82 Å². The molecule has 2 aromatic rings. The van der Waals surface area contributed by atoms with E-state index in [-0.39, 0.29) is 5.56 Å². The Kier molecular flexibility index (Phi) is 4.55. The zero-order chi connectivity index (χ0) is 15.6. The number of fused-ring (bicyclic) bond motifs is 1. The number of nitrogens with zero attached hydrogens (tertiary/aromatic N) is 2. The van der Waals surface area contributed by atoms with Crippen LogP contribution < -0.4 is 10.9 Å². The molecule has 0 amide bonds. The summed E-state index contributed by atoms with van der Waals surface area (Å²) >= 11 is 1.39. The highest BCUT2D eigenvalue weighted by molar-refractivity contribution is 7.17. The van der Waals surface area contributed by atoms with E-state index in [1.165, 1.54) is 11.3 Å². The van der Waals surface area contributed by atoms with Crippen molar-refractivity contribution in [1.29, 1.82) is 0 Å². The van der Waals surface area contributed by atoms with Crippen LogP contribution >= 0.6 is 11.3 Å². The third-order valence-corrected chi connectivity index (χ3v) is 4.50. The molecule has 1 fully saturated rings. The van der Waals surface area contributed by atoms with Crippen molar-refractivity contribution in [2.75, 3.05) is 39.9 Å². The Bertz CT molecular complexity index is 691. The summed E-state index contributed by atoms with van der Waals surface area (Å²) in [5.41, 5.74) is -0.324. The molecule has 7 nitrogen and oxygen atoms in total. The van der Waals surface area contributed by atoms with Gasteiger partial charge in [0.2, 0.25) is 0 Å². The third-order valence-electron chi connectivity index (χ3n) is 3.60. The number of rotatable bonds is 4. The quantitative estimate of drug-likeness (QED) is 0.720. The van der Waals surface area contributed by atoms with E-state index in [4.69, 9.17) is 4.74 Å². The first-order chi connectivity index (χ1) is 10.6. The monoisotopic (exact) mass is 324 g/mol. The molecule has 120 valence electrons. The third kappa shape index (κ3) is 3.53. The second-order valence-corrected chi connectivity index (χ2v) is 6.69. The average molecular weight is 324 g/mol. The molecule has 0 spiro atoms. The normalized spacial score (nSPS) is 23.0. The topological polar surface area (TPSA) is 90.5 Å². The number of nitrogens with one attached hydrogen (secondary N) is 2. The van der Waals surface area contributed by atoms with Crippen molar-refractivity contribution in [3.05, 3.63) is 27.6 Å². The minimum atomic E-state index is -0.933. The highest BCUT2D eigenvalue weighted by atomic mass is 32.1. The maximum absolute atomic E-state index is 12.0. The molecule has 0 bridgehead atoms.